The molecule has 0 aromatic carbocycles. The van der Waals surface area contributed by atoms with Gasteiger partial charge in [0, 0.05) is 23.2 Å². The maximum atomic E-state index is 14.2. The second-order valence-corrected chi connectivity index (χ2v) is 7.44. The van der Waals surface area contributed by atoms with Crippen molar-refractivity contribution in [2.24, 2.45) is 5.92 Å². The molecule has 0 saturated heterocycles. The number of halogens is 3. The van der Waals surface area contributed by atoms with Gasteiger partial charge >= 0.3 is 6.09 Å². The van der Waals surface area contributed by atoms with Crippen LogP contribution in [0.5, 0.6) is 0 Å². The van der Waals surface area contributed by atoms with E-state index in [-0.39, 0.29) is 34.7 Å². The van der Waals surface area contributed by atoms with Crippen LogP contribution in [0.2, 0.25) is 5.02 Å². The summed E-state index contributed by atoms with van der Waals surface area (Å²) in [5.74, 6) is -3.23. The molecule has 1 heterocycles. The van der Waals surface area contributed by atoms with Gasteiger partial charge in [0.1, 0.15) is 11.8 Å². The summed E-state index contributed by atoms with van der Waals surface area (Å²) >= 11 is 5.73. The Morgan fingerprint density at radius 3 is 2.65 bits per heavy atom. The molecule has 1 N–H and O–H groups in total. The molecule has 1 saturated carbocycles. The van der Waals surface area contributed by atoms with Crippen molar-refractivity contribution in [3.05, 3.63) is 29.0 Å². The van der Waals surface area contributed by atoms with Gasteiger partial charge in [-0.3, -0.25) is 4.98 Å². The van der Waals surface area contributed by atoms with E-state index in [1.807, 2.05) is 20.8 Å². The molecule has 0 bridgehead atoms. The maximum absolute atomic E-state index is 14.2. The highest BCUT2D eigenvalue weighted by Crippen LogP contribution is 2.42. The number of pyridine rings is 1. The van der Waals surface area contributed by atoms with Gasteiger partial charge in [0.25, 0.3) is 5.92 Å². The molecule has 0 unspecified atom stereocenters. The van der Waals surface area contributed by atoms with Crippen molar-refractivity contribution in [2.45, 2.75) is 57.6 Å². The molecule has 4 nitrogen and oxygen atoms in total. The van der Waals surface area contributed by atoms with Crippen LogP contribution in [-0.2, 0) is 10.7 Å². The predicted octanol–water partition coefficient (Wildman–Crippen LogP) is 4.52. The molecule has 1 aliphatic rings. The molecular weight excluding hydrogens is 326 g/mol. The second kappa shape index (κ2) is 6.59. The summed E-state index contributed by atoms with van der Waals surface area (Å²) in [6.45, 7) is 5.53. The van der Waals surface area contributed by atoms with E-state index < -0.39 is 12.0 Å². The van der Waals surface area contributed by atoms with Crippen LogP contribution in [0.15, 0.2) is 18.3 Å². The van der Waals surface area contributed by atoms with Crippen molar-refractivity contribution in [1.82, 2.24) is 10.3 Å². The topological polar surface area (TPSA) is 51.2 Å². The number of amides is 1. The van der Waals surface area contributed by atoms with E-state index in [4.69, 9.17) is 16.3 Å². The lowest BCUT2D eigenvalue weighted by molar-refractivity contribution is -0.0695. The summed E-state index contributed by atoms with van der Waals surface area (Å²) in [5, 5.41) is 2.92. The second-order valence-electron chi connectivity index (χ2n) is 7.01. The quantitative estimate of drug-likeness (QED) is 0.872. The summed E-state index contributed by atoms with van der Waals surface area (Å²) in [7, 11) is 0. The minimum atomic E-state index is -3.03. The Bertz CT molecular complexity index is 569. The highest BCUT2D eigenvalue weighted by Gasteiger charge is 2.42. The number of ether oxygens (including phenoxy) is 1. The number of hydrogen-bond donors (Lipinski definition) is 1. The average Bonchev–Trinajstić information content (AvgIpc) is 2.33. The van der Waals surface area contributed by atoms with E-state index in [2.05, 4.69) is 10.3 Å². The largest absolute Gasteiger partial charge is 0.446 e. The number of alkyl halides is 2. The van der Waals surface area contributed by atoms with Gasteiger partial charge in [-0.15, -0.1) is 0 Å². The third kappa shape index (κ3) is 5.30. The Morgan fingerprint density at radius 1 is 1.43 bits per heavy atom. The molecule has 1 aliphatic carbocycles. The van der Waals surface area contributed by atoms with Crippen LogP contribution in [0.4, 0.5) is 13.6 Å². The first-order valence-corrected chi connectivity index (χ1v) is 7.91. The minimum Gasteiger partial charge on any atom is -0.446 e. The Labute approximate surface area is 139 Å². The molecule has 23 heavy (non-hydrogen) atoms. The number of nitrogens with zero attached hydrogens (tertiary/aromatic N) is 1. The van der Waals surface area contributed by atoms with E-state index in [1.165, 1.54) is 18.3 Å². The van der Waals surface area contributed by atoms with Crippen molar-refractivity contribution in [2.75, 3.05) is 0 Å². The fourth-order valence-corrected chi connectivity index (χ4v) is 2.66. The molecular formula is C16H21ClF2N2O2. The van der Waals surface area contributed by atoms with E-state index >= 15 is 0 Å². The standard InChI is InChI=1S/C16H21ClF2N2O2/c1-15(2,3)21-14(22)23-12-6-10(7-12)9-16(18,19)13-8-11(17)4-5-20-13/h4-5,8,10,12H,6-7,9H2,1-3H3,(H,21,22). The van der Waals surface area contributed by atoms with Crippen LogP contribution in [0.25, 0.3) is 0 Å². The van der Waals surface area contributed by atoms with Crippen LogP contribution >= 0.6 is 11.6 Å². The minimum absolute atomic E-state index is 0.196. The molecule has 1 fully saturated rings. The van der Waals surface area contributed by atoms with Gasteiger partial charge in [-0.1, -0.05) is 11.6 Å². The molecule has 128 valence electrons. The highest BCUT2D eigenvalue weighted by molar-refractivity contribution is 6.30. The highest BCUT2D eigenvalue weighted by atomic mass is 35.5. The zero-order valence-corrected chi connectivity index (χ0v) is 14.2. The van der Waals surface area contributed by atoms with E-state index in [1.54, 1.807) is 0 Å². The van der Waals surface area contributed by atoms with Crippen molar-refractivity contribution < 1.29 is 18.3 Å². The zero-order valence-electron chi connectivity index (χ0n) is 13.4. The number of carbonyl (C=O) groups is 1. The summed E-state index contributed by atoms with van der Waals surface area (Å²) < 4.78 is 33.6. The molecule has 2 rings (SSSR count). The van der Waals surface area contributed by atoms with E-state index in [9.17, 15) is 13.6 Å². The SMILES string of the molecule is CC(C)(C)NC(=O)OC1CC(CC(F)(F)c2cc(Cl)ccn2)C1. The summed E-state index contributed by atoms with van der Waals surface area (Å²) in [6, 6.07) is 2.65. The third-order valence-electron chi connectivity index (χ3n) is 3.58. The first kappa shape index (κ1) is 17.9. The zero-order chi connectivity index (χ0) is 17.3. The number of rotatable bonds is 4. The lowest BCUT2D eigenvalue weighted by Gasteiger charge is -2.37. The van der Waals surface area contributed by atoms with Crippen LogP contribution in [0, 0.1) is 5.92 Å². The van der Waals surface area contributed by atoms with Crippen LogP contribution in [0.1, 0.15) is 45.7 Å². The first-order chi connectivity index (χ1) is 10.5. The fraction of sp³-hybridized carbons (Fsp3) is 0.625. The molecule has 0 radical (unpaired) electrons. The summed E-state index contributed by atoms with van der Waals surface area (Å²) in [5.41, 5.74) is -0.703. The smallest absolute Gasteiger partial charge is 0.407 e. The number of hydrogen-bond acceptors (Lipinski definition) is 3. The normalized spacial score (nSPS) is 21.5. The fourth-order valence-electron chi connectivity index (χ4n) is 2.50. The number of nitrogens with one attached hydrogen (secondary N) is 1. The van der Waals surface area contributed by atoms with Gasteiger partial charge in [-0.2, -0.15) is 8.78 Å². The Kier molecular flexibility index (Phi) is 5.14. The molecule has 7 heteroatoms. The lowest BCUT2D eigenvalue weighted by Crippen LogP contribution is -2.45. The van der Waals surface area contributed by atoms with Gasteiger partial charge in [0.15, 0.2) is 0 Å². The van der Waals surface area contributed by atoms with Crippen LogP contribution in [0.3, 0.4) is 0 Å². The van der Waals surface area contributed by atoms with Gasteiger partial charge in [-0.05, 0) is 51.7 Å². The van der Waals surface area contributed by atoms with Gasteiger partial charge in [0.2, 0.25) is 0 Å². The Morgan fingerprint density at radius 2 is 2.09 bits per heavy atom. The molecule has 1 amide bonds. The van der Waals surface area contributed by atoms with Crippen molar-refractivity contribution in [3.8, 4) is 0 Å². The van der Waals surface area contributed by atoms with E-state index in [0.717, 1.165) is 0 Å². The van der Waals surface area contributed by atoms with Crippen LogP contribution < -0.4 is 5.32 Å². The van der Waals surface area contributed by atoms with Crippen molar-refractivity contribution >= 4 is 17.7 Å². The third-order valence-corrected chi connectivity index (χ3v) is 3.82. The monoisotopic (exact) mass is 346 g/mol. The number of carbonyl (C=O) groups excluding carboxylic acids is 1. The molecule has 0 spiro atoms. The average molecular weight is 347 g/mol. The molecule has 1 aromatic heterocycles. The lowest BCUT2D eigenvalue weighted by atomic mass is 9.78. The molecule has 0 aliphatic heterocycles. The van der Waals surface area contributed by atoms with Gasteiger partial charge < -0.3 is 10.1 Å². The molecule has 0 atom stereocenters. The summed E-state index contributed by atoms with van der Waals surface area (Å²) in [4.78, 5) is 15.3. The van der Waals surface area contributed by atoms with Crippen LogP contribution in [-0.4, -0.2) is 22.7 Å². The van der Waals surface area contributed by atoms with E-state index in [0.29, 0.717) is 12.8 Å². The predicted molar refractivity (Wildman–Crippen MR) is 83.6 cm³/mol. The van der Waals surface area contributed by atoms with Crippen molar-refractivity contribution in [1.29, 1.82) is 0 Å². The van der Waals surface area contributed by atoms with Crippen molar-refractivity contribution in [3.63, 3.8) is 0 Å². The maximum Gasteiger partial charge on any atom is 0.407 e. The number of aromatic nitrogens is 1. The van der Waals surface area contributed by atoms with Gasteiger partial charge in [-0.25, -0.2) is 4.79 Å². The number of alkyl carbamates (subject to hydrolysis) is 1. The summed E-state index contributed by atoms with van der Waals surface area (Å²) in [6.07, 6.45) is 1.02. The first-order valence-electron chi connectivity index (χ1n) is 7.54. The molecule has 1 aromatic rings. The van der Waals surface area contributed by atoms with Gasteiger partial charge in [0.05, 0.1) is 0 Å². The Balaban J connectivity index is 1.80. The Hall–Kier alpha value is -1.43.